The van der Waals surface area contributed by atoms with Gasteiger partial charge in [-0.05, 0) is 19.4 Å². The molecule has 0 fully saturated rings. The molecule has 3 heteroatoms. The van der Waals surface area contributed by atoms with E-state index in [0.29, 0.717) is 24.5 Å². The van der Waals surface area contributed by atoms with Crippen molar-refractivity contribution in [3.8, 4) is 17.2 Å². The molecule has 82 valence electrons. The first kappa shape index (κ1) is 11.4. The Hall–Kier alpha value is -1.64. The number of phenols is 1. The van der Waals surface area contributed by atoms with Gasteiger partial charge in [-0.15, -0.1) is 6.58 Å². The molecule has 0 aliphatic rings. The Morgan fingerprint density at radius 2 is 2.13 bits per heavy atom. The summed E-state index contributed by atoms with van der Waals surface area (Å²) < 4.78 is 10.6. The Bertz CT molecular complexity index is 345. The van der Waals surface area contributed by atoms with Gasteiger partial charge in [0.05, 0.1) is 13.7 Å². The quantitative estimate of drug-likeness (QED) is 0.756. The maximum Gasteiger partial charge on any atom is 0.203 e. The van der Waals surface area contributed by atoms with Crippen LogP contribution in [-0.2, 0) is 6.42 Å². The second kappa shape index (κ2) is 5.29. The van der Waals surface area contributed by atoms with Gasteiger partial charge in [0, 0.05) is 5.56 Å². The predicted molar refractivity (Wildman–Crippen MR) is 59.7 cm³/mol. The largest absolute Gasteiger partial charge is 0.504 e. The smallest absolute Gasteiger partial charge is 0.203 e. The van der Waals surface area contributed by atoms with Crippen molar-refractivity contribution in [2.45, 2.75) is 13.3 Å². The minimum absolute atomic E-state index is 0.0914. The summed E-state index contributed by atoms with van der Waals surface area (Å²) in [6, 6.07) is 3.41. The molecule has 15 heavy (non-hydrogen) atoms. The SMILES string of the molecule is C=CCc1ccc(O)c(OC)c1OCC. The lowest BCUT2D eigenvalue weighted by molar-refractivity contribution is 0.298. The standard InChI is InChI=1S/C12H16O3/c1-4-6-9-7-8-10(13)12(14-3)11(9)15-5-2/h4,7-8,13H,1,5-6H2,2-3H3. The molecule has 0 atom stereocenters. The number of ether oxygens (including phenoxy) is 2. The van der Waals surface area contributed by atoms with E-state index in [1.165, 1.54) is 7.11 Å². The normalized spacial score (nSPS) is 9.73. The Morgan fingerprint density at radius 1 is 1.40 bits per heavy atom. The van der Waals surface area contributed by atoms with E-state index in [4.69, 9.17) is 9.47 Å². The zero-order chi connectivity index (χ0) is 11.3. The Balaban J connectivity index is 3.21. The first-order chi connectivity index (χ1) is 7.24. The van der Waals surface area contributed by atoms with Gasteiger partial charge in [-0.25, -0.2) is 0 Å². The Morgan fingerprint density at radius 3 is 2.67 bits per heavy atom. The second-order valence-electron chi connectivity index (χ2n) is 3.03. The van der Waals surface area contributed by atoms with E-state index in [9.17, 15) is 5.11 Å². The van der Waals surface area contributed by atoms with Crippen LogP contribution >= 0.6 is 0 Å². The van der Waals surface area contributed by atoms with Gasteiger partial charge in [-0.2, -0.15) is 0 Å². The zero-order valence-corrected chi connectivity index (χ0v) is 9.12. The molecule has 3 nitrogen and oxygen atoms in total. The first-order valence-electron chi connectivity index (χ1n) is 4.87. The summed E-state index contributed by atoms with van der Waals surface area (Å²) in [5.41, 5.74) is 0.960. The van der Waals surface area contributed by atoms with Crippen LogP contribution in [0.5, 0.6) is 17.2 Å². The van der Waals surface area contributed by atoms with Gasteiger partial charge in [0.25, 0.3) is 0 Å². The van der Waals surface area contributed by atoms with Crippen LogP contribution in [0.15, 0.2) is 24.8 Å². The molecule has 1 aromatic rings. The van der Waals surface area contributed by atoms with Gasteiger partial charge in [0.15, 0.2) is 11.5 Å². The fraction of sp³-hybridized carbons (Fsp3) is 0.333. The number of methoxy groups -OCH3 is 1. The van der Waals surface area contributed by atoms with E-state index in [2.05, 4.69) is 6.58 Å². The molecule has 0 bridgehead atoms. The fourth-order valence-corrected chi connectivity index (χ4v) is 1.41. The zero-order valence-electron chi connectivity index (χ0n) is 9.12. The van der Waals surface area contributed by atoms with Crippen molar-refractivity contribution in [3.05, 3.63) is 30.4 Å². The number of benzene rings is 1. The highest BCUT2D eigenvalue weighted by Gasteiger charge is 2.13. The molecule has 0 heterocycles. The summed E-state index contributed by atoms with van der Waals surface area (Å²) in [7, 11) is 1.51. The molecule has 0 radical (unpaired) electrons. The molecular weight excluding hydrogens is 192 g/mol. The summed E-state index contributed by atoms with van der Waals surface area (Å²) in [6.07, 6.45) is 2.47. The van der Waals surface area contributed by atoms with Crippen LogP contribution in [0.25, 0.3) is 0 Å². The van der Waals surface area contributed by atoms with Gasteiger partial charge < -0.3 is 14.6 Å². The van der Waals surface area contributed by atoms with Crippen LogP contribution in [0.1, 0.15) is 12.5 Å². The number of hydrogen-bond donors (Lipinski definition) is 1. The van der Waals surface area contributed by atoms with Crippen LogP contribution in [0.2, 0.25) is 0 Å². The van der Waals surface area contributed by atoms with Crippen molar-refractivity contribution < 1.29 is 14.6 Å². The van der Waals surface area contributed by atoms with E-state index in [1.54, 1.807) is 12.1 Å². The lowest BCUT2D eigenvalue weighted by Gasteiger charge is -2.14. The number of allylic oxidation sites excluding steroid dienone is 1. The average Bonchev–Trinajstić information content (AvgIpc) is 2.23. The third kappa shape index (κ3) is 2.43. The van der Waals surface area contributed by atoms with Crippen molar-refractivity contribution in [2.75, 3.05) is 13.7 Å². The van der Waals surface area contributed by atoms with Gasteiger partial charge in [0.1, 0.15) is 0 Å². The van der Waals surface area contributed by atoms with E-state index in [-0.39, 0.29) is 5.75 Å². The first-order valence-corrected chi connectivity index (χ1v) is 4.87. The lowest BCUT2D eigenvalue weighted by atomic mass is 10.1. The summed E-state index contributed by atoms with van der Waals surface area (Å²) in [5, 5.41) is 9.58. The molecule has 0 spiro atoms. The monoisotopic (exact) mass is 208 g/mol. The van der Waals surface area contributed by atoms with Crippen LogP contribution in [0, 0.1) is 0 Å². The van der Waals surface area contributed by atoms with Gasteiger partial charge >= 0.3 is 0 Å². The van der Waals surface area contributed by atoms with Crippen molar-refractivity contribution in [1.29, 1.82) is 0 Å². The highest BCUT2D eigenvalue weighted by molar-refractivity contribution is 5.55. The molecule has 1 aromatic carbocycles. The van der Waals surface area contributed by atoms with E-state index < -0.39 is 0 Å². The molecule has 0 aromatic heterocycles. The Labute approximate surface area is 90.0 Å². The predicted octanol–water partition coefficient (Wildman–Crippen LogP) is 2.53. The number of aromatic hydroxyl groups is 1. The number of phenolic OH excluding ortho intramolecular Hbond substituents is 1. The molecule has 0 amide bonds. The highest BCUT2D eigenvalue weighted by Crippen LogP contribution is 2.39. The van der Waals surface area contributed by atoms with Crippen LogP contribution in [0.4, 0.5) is 0 Å². The van der Waals surface area contributed by atoms with E-state index in [1.807, 2.05) is 13.0 Å². The third-order valence-electron chi connectivity index (χ3n) is 2.03. The minimum Gasteiger partial charge on any atom is -0.504 e. The summed E-state index contributed by atoms with van der Waals surface area (Å²) in [4.78, 5) is 0. The highest BCUT2D eigenvalue weighted by atomic mass is 16.5. The van der Waals surface area contributed by atoms with Gasteiger partial charge in [0.2, 0.25) is 5.75 Å². The van der Waals surface area contributed by atoms with Crippen molar-refractivity contribution in [1.82, 2.24) is 0 Å². The topological polar surface area (TPSA) is 38.7 Å². The molecule has 0 unspecified atom stereocenters. The van der Waals surface area contributed by atoms with Crippen molar-refractivity contribution in [3.63, 3.8) is 0 Å². The van der Waals surface area contributed by atoms with Crippen LogP contribution in [0.3, 0.4) is 0 Å². The molecule has 0 saturated heterocycles. The second-order valence-corrected chi connectivity index (χ2v) is 3.03. The molecular formula is C12H16O3. The molecule has 1 N–H and O–H groups in total. The van der Waals surface area contributed by atoms with Gasteiger partial charge in [-0.1, -0.05) is 12.1 Å². The third-order valence-corrected chi connectivity index (χ3v) is 2.03. The maximum atomic E-state index is 9.58. The summed E-state index contributed by atoms with van der Waals surface area (Å²) in [6.45, 7) is 6.10. The Kier molecular flexibility index (Phi) is 4.03. The number of rotatable bonds is 5. The number of hydrogen-bond acceptors (Lipinski definition) is 3. The van der Waals surface area contributed by atoms with E-state index >= 15 is 0 Å². The summed E-state index contributed by atoms with van der Waals surface area (Å²) >= 11 is 0. The minimum atomic E-state index is 0.0914. The molecule has 0 aliphatic heterocycles. The van der Waals surface area contributed by atoms with Gasteiger partial charge in [-0.3, -0.25) is 0 Å². The molecule has 0 saturated carbocycles. The molecule has 1 rings (SSSR count). The van der Waals surface area contributed by atoms with Crippen molar-refractivity contribution >= 4 is 0 Å². The van der Waals surface area contributed by atoms with Crippen LogP contribution in [-0.4, -0.2) is 18.8 Å². The average molecular weight is 208 g/mol. The fourth-order valence-electron chi connectivity index (χ4n) is 1.41. The summed E-state index contributed by atoms with van der Waals surface area (Å²) in [5.74, 6) is 1.07. The maximum absolute atomic E-state index is 9.58. The van der Waals surface area contributed by atoms with E-state index in [0.717, 1.165) is 5.56 Å². The molecule has 0 aliphatic carbocycles. The van der Waals surface area contributed by atoms with Crippen molar-refractivity contribution in [2.24, 2.45) is 0 Å². The van der Waals surface area contributed by atoms with Crippen LogP contribution < -0.4 is 9.47 Å². The lowest BCUT2D eigenvalue weighted by Crippen LogP contribution is -1.99.